The van der Waals surface area contributed by atoms with Crippen LogP contribution in [-0.4, -0.2) is 34.9 Å². The van der Waals surface area contributed by atoms with Crippen molar-refractivity contribution in [2.75, 3.05) is 6.61 Å². The number of nitrogens with one attached hydrogen (secondary N) is 1. The van der Waals surface area contributed by atoms with Gasteiger partial charge in [0.05, 0.1) is 6.61 Å². The highest BCUT2D eigenvalue weighted by Gasteiger charge is 2.29. The second-order valence-corrected chi connectivity index (χ2v) is 3.54. The molecule has 6 nitrogen and oxygen atoms in total. The predicted molar refractivity (Wildman–Crippen MR) is 63.0 cm³/mol. The first-order chi connectivity index (χ1) is 8.56. The van der Waals surface area contributed by atoms with Crippen LogP contribution >= 0.6 is 0 Å². The van der Waals surface area contributed by atoms with Crippen molar-refractivity contribution >= 4 is 12.1 Å². The van der Waals surface area contributed by atoms with Crippen LogP contribution in [0, 0.1) is 0 Å². The highest BCUT2D eigenvalue weighted by atomic mass is 16.5. The average molecular weight is 253 g/mol. The quantitative estimate of drug-likeness (QED) is 0.725. The van der Waals surface area contributed by atoms with Crippen molar-refractivity contribution < 1.29 is 24.5 Å². The van der Waals surface area contributed by atoms with Gasteiger partial charge in [-0.25, -0.2) is 9.59 Å². The summed E-state index contributed by atoms with van der Waals surface area (Å²) in [4.78, 5) is 22.2. The van der Waals surface area contributed by atoms with Crippen LogP contribution in [-0.2, 0) is 9.53 Å². The average Bonchev–Trinajstić information content (AvgIpc) is 2.36. The summed E-state index contributed by atoms with van der Waals surface area (Å²) in [6, 6.07) is 6.78. The van der Waals surface area contributed by atoms with E-state index in [2.05, 4.69) is 10.1 Å². The molecular weight excluding hydrogens is 238 g/mol. The fraction of sp³-hybridized carbons (Fsp3) is 0.333. The molecule has 0 aliphatic heterocycles. The Kier molecular flexibility index (Phi) is 5.13. The molecule has 0 aliphatic carbocycles. The summed E-state index contributed by atoms with van der Waals surface area (Å²) >= 11 is 0. The van der Waals surface area contributed by atoms with Crippen LogP contribution in [0.2, 0.25) is 0 Å². The fourth-order valence-corrected chi connectivity index (χ4v) is 1.42. The summed E-state index contributed by atoms with van der Waals surface area (Å²) in [5.41, 5.74) is 0.404. The van der Waals surface area contributed by atoms with E-state index in [-0.39, 0.29) is 6.61 Å². The van der Waals surface area contributed by atoms with Gasteiger partial charge in [-0.15, -0.1) is 0 Å². The molecule has 0 radical (unpaired) electrons. The van der Waals surface area contributed by atoms with Gasteiger partial charge in [-0.3, -0.25) is 0 Å². The number of carbonyl (C=O) groups is 2. The normalized spacial score (nSPS) is 13.4. The SMILES string of the molecule is CCOC(=O)N[C@H](C(=O)O)[C@H](O)c1ccccc1. The van der Waals surface area contributed by atoms with E-state index in [1.165, 1.54) is 0 Å². The lowest BCUT2D eigenvalue weighted by Crippen LogP contribution is -2.45. The van der Waals surface area contributed by atoms with E-state index in [9.17, 15) is 14.7 Å². The topological polar surface area (TPSA) is 95.9 Å². The Labute approximate surface area is 104 Å². The third-order valence-electron chi connectivity index (χ3n) is 2.27. The van der Waals surface area contributed by atoms with E-state index < -0.39 is 24.2 Å². The zero-order valence-electron chi connectivity index (χ0n) is 9.87. The molecule has 0 saturated heterocycles. The van der Waals surface area contributed by atoms with Crippen LogP contribution < -0.4 is 5.32 Å². The van der Waals surface area contributed by atoms with Gasteiger partial charge in [0, 0.05) is 0 Å². The number of rotatable bonds is 5. The van der Waals surface area contributed by atoms with Gasteiger partial charge in [-0.2, -0.15) is 0 Å². The molecule has 18 heavy (non-hydrogen) atoms. The number of carboxylic acid groups (broad SMARTS) is 1. The molecule has 0 spiro atoms. The Morgan fingerprint density at radius 1 is 1.33 bits per heavy atom. The van der Waals surface area contributed by atoms with Crippen LogP contribution in [0.15, 0.2) is 30.3 Å². The number of carbonyl (C=O) groups excluding carboxylic acids is 1. The molecule has 0 saturated carbocycles. The summed E-state index contributed by atoms with van der Waals surface area (Å²) in [7, 11) is 0. The first kappa shape index (κ1) is 14.0. The second kappa shape index (κ2) is 6.61. The zero-order chi connectivity index (χ0) is 13.5. The molecule has 6 heteroatoms. The van der Waals surface area contributed by atoms with Gasteiger partial charge < -0.3 is 20.3 Å². The van der Waals surface area contributed by atoms with Crippen molar-refractivity contribution in [1.29, 1.82) is 0 Å². The number of aliphatic hydroxyl groups excluding tert-OH is 1. The molecular formula is C12H15NO5. The van der Waals surface area contributed by atoms with Gasteiger partial charge in [-0.05, 0) is 12.5 Å². The van der Waals surface area contributed by atoms with Crippen LogP contribution in [0.1, 0.15) is 18.6 Å². The molecule has 1 amide bonds. The maximum Gasteiger partial charge on any atom is 0.407 e. The number of hydrogen-bond donors (Lipinski definition) is 3. The number of aliphatic carboxylic acids is 1. The third-order valence-corrected chi connectivity index (χ3v) is 2.27. The number of ether oxygens (including phenoxy) is 1. The number of aliphatic hydroxyl groups is 1. The van der Waals surface area contributed by atoms with Gasteiger partial charge in [0.2, 0.25) is 0 Å². The van der Waals surface area contributed by atoms with E-state index in [0.29, 0.717) is 5.56 Å². The summed E-state index contributed by atoms with van der Waals surface area (Å²) in [6.45, 7) is 1.72. The molecule has 1 aromatic rings. The van der Waals surface area contributed by atoms with Crippen molar-refractivity contribution in [2.24, 2.45) is 0 Å². The Morgan fingerprint density at radius 3 is 2.44 bits per heavy atom. The van der Waals surface area contributed by atoms with Crippen molar-refractivity contribution in [3.8, 4) is 0 Å². The van der Waals surface area contributed by atoms with Crippen molar-refractivity contribution in [2.45, 2.75) is 19.1 Å². The van der Waals surface area contributed by atoms with Gasteiger partial charge >= 0.3 is 12.1 Å². The predicted octanol–water partition coefficient (Wildman–Crippen LogP) is 0.919. The smallest absolute Gasteiger partial charge is 0.407 e. The highest BCUT2D eigenvalue weighted by molar-refractivity contribution is 5.80. The van der Waals surface area contributed by atoms with Crippen LogP contribution in [0.25, 0.3) is 0 Å². The van der Waals surface area contributed by atoms with Gasteiger partial charge in [0.1, 0.15) is 6.10 Å². The number of hydrogen-bond acceptors (Lipinski definition) is 4. The van der Waals surface area contributed by atoms with Crippen molar-refractivity contribution in [3.63, 3.8) is 0 Å². The molecule has 0 heterocycles. The zero-order valence-corrected chi connectivity index (χ0v) is 9.87. The maximum atomic E-state index is 11.2. The standard InChI is InChI=1S/C12H15NO5/c1-2-18-12(17)13-9(11(15)16)10(14)8-6-4-3-5-7-8/h3-7,9-10,14H,2H2,1H3,(H,13,17)(H,15,16)/t9-,10+/m0/s1. The Bertz CT molecular complexity index is 406. The van der Waals surface area contributed by atoms with E-state index in [1.54, 1.807) is 37.3 Å². The number of benzene rings is 1. The van der Waals surface area contributed by atoms with E-state index >= 15 is 0 Å². The summed E-state index contributed by atoms with van der Waals surface area (Å²) in [6.07, 6.45) is -2.21. The van der Waals surface area contributed by atoms with Crippen LogP contribution in [0.4, 0.5) is 4.79 Å². The lowest BCUT2D eigenvalue weighted by atomic mass is 10.0. The molecule has 0 aromatic heterocycles. The van der Waals surface area contributed by atoms with Gasteiger partial charge in [0.25, 0.3) is 0 Å². The molecule has 1 aromatic carbocycles. The molecule has 2 atom stereocenters. The molecule has 3 N–H and O–H groups in total. The summed E-state index contributed by atoms with van der Waals surface area (Å²) in [5.74, 6) is -1.33. The van der Waals surface area contributed by atoms with Crippen LogP contribution in [0.3, 0.4) is 0 Å². The van der Waals surface area contributed by atoms with E-state index in [1.807, 2.05) is 0 Å². The molecule has 0 aliphatic rings. The molecule has 0 fully saturated rings. The minimum Gasteiger partial charge on any atom is -0.480 e. The largest absolute Gasteiger partial charge is 0.480 e. The van der Waals surface area contributed by atoms with E-state index in [0.717, 1.165) is 0 Å². The van der Waals surface area contributed by atoms with Gasteiger partial charge in [0.15, 0.2) is 6.04 Å². The number of amides is 1. The molecule has 0 unspecified atom stereocenters. The lowest BCUT2D eigenvalue weighted by Gasteiger charge is -2.20. The first-order valence-electron chi connectivity index (χ1n) is 5.45. The summed E-state index contributed by atoms with van der Waals surface area (Å²) in [5, 5.41) is 21.0. The molecule has 98 valence electrons. The number of alkyl carbamates (subject to hydrolysis) is 1. The summed E-state index contributed by atoms with van der Waals surface area (Å²) < 4.78 is 4.58. The second-order valence-electron chi connectivity index (χ2n) is 3.54. The van der Waals surface area contributed by atoms with Gasteiger partial charge in [-0.1, -0.05) is 30.3 Å². The van der Waals surface area contributed by atoms with Crippen molar-refractivity contribution in [1.82, 2.24) is 5.32 Å². The first-order valence-corrected chi connectivity index (χ1v) is 5.45. The van der Waals surface area contributed by atoms with Crippen molar-refractivity contribution in [3.05, 3.63) is 35.9 Å². The molecule has 1 rings (SSSR count). The molecule has 0 bridgehead atoms. The number of carboxylic acids is 1. The monoisotopic (exact) mass is 253 g/mol. The highest BCUT2D eigenvalue weighted by Crippen LogP contribution is 2.16. The Morgan fingerprint density at radius 2 is 1.94 bits per heavy atom. The Hall–Kier alpha value is -2.08. The van der Waals surface area contributed by atoms with Crippen LogP contribution in [0.5, 0.6) is 0 Å². The third kappa shape index (κ3) is 3.74. The maximum absolute atomic E-state index is 11.2. The van der Waals surface area contributed by atoms with E-state index in [4.69, 9.17) is 5.11 Å². The fourth-order valence-electron chi connectivity index (χ4n) is 1.42. The minimum atomic E-state index is -1.45. The minimum absolute atomic E-state index is 0.125. The Balaban J connectivity index is 2.79. The lowest BCUT2D eigenvalue weighted by molar-refractivity contribution is -0.142.